The first-order valence-electron chi connectivity index (χ1n) is 6.18. The molecule has 1 aromatic heterocycles. The van der Waals surface area contributed by atoms with Gasteiger partial charge in [-0.3, -0.25) is 9.69 Å². The molecule has 1 unspecified atom stereocenters. The molecule has 1 fully saturated rings. The minimum Gasteiger partial charge on any atom is -0.374 e. The van der Waals surface area contributed by atoms with Crippen molar-refractivity contribution in [1.82, 2.24) is 9.47 Å². The van der Waals surface area contributed by atoms with Gasteiger partial charge in [0, 0.05) is 31.4 Å². The van der Waals surface area contributed by atoms with E-state index in [-0.39, 0.29) is 11.7 Å². The molecule has 2 rings (SSSR count). The third-order valence-corrected chi connectivity index (χ3v) is 3.20. The summed E-state index contributed by atoms with van der Waals surface area (Å²) in [5, 5.41) is 0. The summed E-state index contributed by atoms with van der Waals surface area (Å²) in [5.41, 5.74) is 0.0396. The summed E-state index contributed by atoms with van der Waals surface area (Å²) < 4.78 is 7.43. The maximum Gasteiger partial charge on any atom is 0.250 e. The Morgan fingerprint density at radius 2 is 2.29 bits per heavy atom. The smallest absolute Gasteiger partial charge is 0.250 e. The van der Waals surface area contributed by atoms with Crippen LogP contribution in [0.1, 0.15) is 13.8 Å². The van der Waals surface area contributed by atoms with Gasteiger partial charge in [0.05, 0.1) is 19.3 Å². The Morgan fingerprint density at radius 3 is 3.00 bits per heavy atom. The summed E-state index contributed by atoms with van der Waals surface area (Å²) >= 11 is 0. The van der Waals surface area contributed by atoms with Crippen molar-refractivity contribution in [3.8, 4) is 0 Å². The Morgan fingerprint density at radius 1 is 1.47 bits per heavy atom. The van der Waals surface area contributed by atoms with E-state index in [9.17, 15) is 4.79 Å². The van der Waals surface area contributed by atoms with Crippen molar-refractivity contribution in [2.75, 3.05) is 19.7 Å². The highest BCUT2D eigenvalue weighted by atomic mass is 16.5. The Kier molecular flexibility index (Phi) is 3.97. The number of ether oxygens (including phenoxy) is 1. The number of hydrogen-bond donors (Lipinski definition) is 0. The van der Waals surface area contributed by atoms with Crippen LogP contribution >= 0.6 is 0 Å². The first-order valence-corrected chi connectivity index (χ1v) is 6.18. The molecule has 1 saturated heterocycles. The van der Waals surface area contributed by atoms with Crippen molar-refractivity contribution in [1.29, 1.82) is 0 Å². The molecule has 0 saturated carbocycles. The van der Waals surface area contributed by atoms with E-state index in [1.54, 1.807) is 16.7 Å². The highest BCUT2D eigenvalue weighted by Crippen LogP contribution is 2.09. The molecular formula is C13H20N2O2. The van der Waals surface area contributed by atoms with E-state index in [2.05, 4.69) is 18.7 Å². The first kappa shape index (κ1) is 12.3. The standard InChI is InChI=1S/C13H20N2O2/c1-11(2)14-7-8-17-12(9-14)10-15-6-4-3-5-13(15)16/h3-6,11-12H,7-10H2,1-2H3. The molecule has 2 heterocycles. The van der Waals surface area contributed by atoms with Crippen molar-refractivity contribution < 1.29 is 4.74 Å². The minimum atomic E-state index is 0.0396. The Labute approximate surface area is 102 Å². The molecule has 1 aliphatic heterocycles. The molecule has 0 spiro atoms. The van der Waals surface area contributed by atoms with Gasteiger partial charge in [-0.05, 0) is 19.9 Å². The van der Waals surface area contributed by atoms with Crippen LogP contribution in [0.15, 0.2) is 29.2 Å². The second-order valence-corrected chi connectivity index (χ2v) is 4.77. The number of pyridine rings is 1. The molecule has 0 N–H and O–H groups in total. The largest absolute Gasteiger partial charge is 0.374 e. The maximum absolute atomic E-state index is 11.6. The SMILES string of the molecule is CC(C)N1CCOC(Cn2ccccc2=O)C1. The van der Waals surface area contributed by atoms with Crippen molar-refractivity contribution in [2.24, 2.45) is 0 Å². The van der Waals surface area contributed by atoms with Crippen LogP contribution in [-0.2, 0) is 11.3 Å². The number of hydrogen-bond acceptors (Lipinski definition) is 3. The van der Waals surface area contributed by atoms with Crippen LogP contribution in [0.25, 0.3) is 0 Å². The summed E-state index contributed by atoms with van der Waals surface area (Å²) in [5.74, 6) is 0. The summed E-state index contributed by atoms with van der Waals surface area (Å²) in [6.07, 6.45) is 1.94. The summed E-state index contributed by atoms with van der Waals surface area (Å²) in [6.45, 7) is 7.66. The van der Waals surface area contributed by atoms with Gasteiger partial charge in [-0.2, -0.15) is 0 Å². The third kappa shape index (κ3) is 3.17. The van der Waals surface area contributed by atoms with E-state index in [0.29, 0.717) is 12.6 Å². The second-order valence-electron chi connectivity index (χ2n) is 4.77. The van der Waals surface area contributed by atoms with Crippen molar-refractivity contribution in [3.63, 3.8) is 0 Å². The normalized spacial score (nSPS) is 21.9. The molecular weight excluding hydrogens is 216 g/mol. The van der Waals surface area contributed by atoms with Gasteiger partial charge in [0.25, 0.3) is 5.56 Å². The van der Waals surface area contributed by atoms with Gasteiger partial charge in [-0.25, -0.2) is 0 Å². The highest BCUT2D eigenvalue weighted by Gasteiger charge is 2.22. The molecule has 1 atom stereocenters. The van der Waals surface area contributed by atoms with Gasteiger partial charge in [0.15, 0.2) is 0 Å². The van der Waals surface area contributed by atoms with Crippen LogP contribution in [0.4, 0.5) is 0 Å². The Balaban J connectivity index is 2.00. The number of nitrogens with zero attached hydrogens (tertiary/aromatic N) is 2. The number of aromatic nitrogens is 1. The van der Waals surface area contributed by atoms with E-state index in [0.717, 1.165) is 19.7 Å². The van der Waals surface area contributed by atoms with Gasteiger partial charge >= 0.3 is 0 Å². The molecule has 0 bridgehead atoms. The zero-order chi connectivity index (χ0) is 12.3. The van der Waals surface area contributed by atoms with Crippen LogP contribution in [0.2, 0.25) is 0 Å². The van der Waals surface area contributed by atoms with Crippen LogP contribution in [0.3, 0.4) is 0 Å². The van der Waals surface area contributed by atoms with Gasteiger partial charge < -0.3 is 9.30 Å². The van der Waals surface area contributed by atoms with Crippen molar-refractivity contribution >= 4 is 0 Å². The average Bonchev–Trinajstić information content (AvgIpc) is 2.32. The summed E-state index contributed by atoms with van der Waals surface area (Å²) in [4.78, 5) is 14.0. The summed E-state index contributed by atoms with van der Waals surface area (Å²) in [6, 6.07) is 5.77. The zero-order valence-corrected chi connectivity index (χ0v) is 10.5. The molecule has 1 aromatic rings. The fourth-order valence-electron chi connectivity index (χ4n) is 2.15. The van der Waals surface area contributed by atoms with Crippen LogP contribution < -0.4 is 5.56 Å². The molecule has 94 valence electrons. The molecule has 4 nitrogen and oxygen atoms in total. The van der Waals surface area contributed by atoms with E-state index in [1.165, 1.54) is 0 Å². The first-order chi connectivity index (χ1) is 8.16. The molecule has 0 aromatic carbocycles. The molecule has 1 aliphatic rings. The Bertz CT molecular complexity index is 414. The topological polar surface area (TPSA) is 34.5 Å². The molecule has 17 heavy (non-hydrogen) atoms. The highest BCUT2D eigenvalue weighted by molar-refractivity contribution is 4.93. The van der Waals surface area contributed by atoms with Crippen LogP contribution in [0.5, 0.6) is 0 Å². The lowest BCUT2D eigenvalue weighted by Gasteiger charge is -2.35. The fraction of sp³-hybridized carbons (Fsp3) is 0.615. The fourth-order valence-corrected chi connectivity index (χ4v) is 2.15. The third-order valence-electron chi connectivity index (χ3n) is 3.20. The monoisotopic (exact) mass is 236 g/mol. The van der Waals surface area contributed by atoms with Crippen LogP contribution in [0, 0.1) is 0 Å². The Hall–Kier alpha value is -1.13. The average molecular weight is 236 g/mol. The summed E-state index contributed by atoms with van der Waals surface area (Å²) in [7, 11) is 0. The van der Waals surface area contributed by atoms with Crippen molar-refractivity contribution in [3.05, 3.63) is 34.7 Å². The second kappa shape index (κ2) is 5.47. The molecule has 0 radical (unpaired) electrons. The van der Waals surface area contributed by atoms with E-state index in [1.807, 2.05) is 12.3 Å². The van der Waals surface area contributed by atoms with E-state index >= 15 is 0 Å². The molecule has 4 heteroatoms. The lowest BCUT2D eigenvalue weighted by molar-refractivity contribution is -0.0459. The zero-order valence-electron chi connectivity index (χ0n) is 10.5. The predicted octanol–water partition coefficient (Wildman–Crippen LogP) is 0.958. The minimum absolute atomic E-state index is 0.0396. The number of morpholine rings is 1. The quantitative estimate of drug-likeness (QED) is 0.784. The lowest BCUT2D eigenvalue weighted by Crippen LogP contribution is -2.47. The van der Waals surface area contributed by atoms with Crippen LogP contribution in [-0.4, -0.2) is 41.3 Å². The van der Waals surface area contributed by atoms with Gasteiger partial charge in [-0.1, -0.05) is 6.07 Å². The van der Waals surface area contributed by atoms with Gasteiger partial charge in [0.2, 0.25) is 0 Å². The van der Waals surface area contributed by atoms with Gasteiger partial charge in [-0.15, -0.1) is 0 Å². The van der Waals surface area contributed by atoms with E-state index in [4.69, 9.17) is 4.74 Å². The van der Waals surface area contributed by atoms with Gasteiger partial charge in [0.1, 0.15) is 0 Å². The number of rotatable bonds is 3. The lowest BCUT2D eigenvalue weighted by atomic mass is 10.2. The maximum atomic E-state index is 11.6. The van der Waals surface area contributed by atoms with Crippen molar-refractivity contribution in [2.45, 2.75) is 32.5 Å². The molecule has 0 amide bonds. The predicted molar refractivity (Wildman–Crippen MR) is 67.2 cm³/mol. The van der Waals surface area contributed by atoms with E-state index < -0.39 is 0 Å². The molecule has 0 aliphatic carbocycles.